The van der Waals surface area contributed by atoms with Gasteiger partial charge < -0.3 is 48.5 Å². The first-order chi connectivity index (χ1) is 19.7. The van der Waals surface area contributed by atoms with Gasteiger partial charge in [0.2, 0.25) is 29.5 Å². The number of amides is 5. The quantitative estimate of drug-likeness (QED) is 0.103. The van der Waals surface area contributed by atoms with Gasteiger partial charge in [-0.1, -0.05) is 24.3 Å². The van der Waals surface area contributed by atoms with Crippen molar-refractivity contribution >= 4 is 35.5 Å². The maximum absolute atomic E-state index is 13.3. The molecule has 0 aliphatic carbocycles. The van der Waals surface area contributed by atoms with Gasteiger partial charge in [-0.15, -0.1) is 0 Å². The van der Waals surface area contributed by atoms with Gasteiger partial charge in [0.05, 0.1) is 12.5 Å². The van der Waals surface area contributed by atoms with Crippen molar-refractivity contribution in [3.05, 3.63) is 59.7 Å². The lowest BCUT2D eigenvalue weighted by molar-refractivity contribution is -0.142. The van der Waals surface area contributed by atoms with E-state index < -0.39 is 66.1 Å². The summed E-state index contributed by atoms with van der Waals surface area (Å²) < 4.78 is 0. The van der Waals surface area contributed by atoms with E-state index in [1.54, 1.807) is 0 Å². The third-order valence-electron chi connectivity index (χ3n) is 6.07. The summed E-state index contributed by atoms with van der Waals surface area (Å²) >= 11 is 0. The third kappa shape index (κ3) is 11.1. The van der Waals surface area contributed by atoms with Crippen LogP contribution in [0.5, 0.6) is 11.5 Å². The number of rotatable bonds is 16. The molecule has 0 spiro atoms. The lowest BCUT2D eigenvalue weighted by Crippen LogP contribution is -2.58. The van der Waals surface area contributed by atoms with Gasteiger partial charge in [-0.2, -0.15) is 0 Å². The summed E-state index contributed by atoms with van der Waals surface area (Å²) in [5.74, 6) is -5.79. The predicted octanol–water partition coefficient (Wildman–Crippen LogP) is -2.11. The zero-order valence-corrected chi connectivity index (χ0v) is 22.5. The minimum atomic E-state index is -1.42. The summed E-state index contributed by atoms with van der Waals surface area (Å²) in [5, 5.41) is 36.0. The van der Waals surface area contributed by atoms with E-state index in [2.05, 4.69) is 16.0 Å². The van der Waals surface area contributed by atoms with Gasteiger partial charge in [0.15, 0.2) is 0 Å². The molecule has 12 N–H and O–H groups in total. The van der Waals surface area contributed by atoms with Crippen LogP contribution in [-0.2, 0) is 41.6 Å². The Bertz CT molecular complexity index is 1280. The highest BCUT2D eigenvalue weighted by Crippen LogP contribution is 2.14. The first kappa shape index (κ1) is 33.0. The number of primary amides is 2. The van der Waals surface area contributed by atoms with E-state index in [1.807, 2.05) is 0 Å². The number of carboxylic acids is 1. The fourth-order valence-electron chi connectivity index (χ4n) is 3.83. The molecule has 2 aromatic rings. The van der Waals surface area contributed by atoms with Crippen LogP contribution in [0.1, 0.15) is 30.4 Å². The number of hydrogen-bond donors (Lipinski definition) is 9. The minimum absolute atomic E-state index is 0.0279. The summed E-state index contributed by atoms with van der Waals surface area (Å²) in [7, 11) is 0. The van der Waals surface area contributed by atoms with Crippen molar-refractivity contribution in [1.29, 1.82) is 0 Å². The molecule has 15 heteroatoms. The van der Waals surface area contributed by atoms with Crippen LogP contribution in [0, 0.1) is 0 Å². The molecule has 0 heterocycles. The Morgan fingerprint density at radius 2 is 1.07 bits per heavy atom. The number of phenolic OH excluding ortho intramolecular Hbond substituents is 2. The topological polar surface area (TPSA) is 277 Å². The van der Waals surface area contributed by atoms with Gasteiger partial charge in [-0.3, -0.25) is 24.0 Å². The largest absolute Gasteiger partial charge is 0.508 e. The first-order valence-corrected chi connectivity index (χ1v) is 12.8. The van der Waals surface area contributed by atoms with Gasteiger partial charge in [0.1, 0.15) is 29.6 Å². The van der Waals surface area contributed by atoms with Gasteiger partial charge >= 0.3 is 5.97 Å². The lowest BCUT2D eigenvalue weighted by atomic mass is 10.0. The second kappa shape index (κ2) is 15.6. The fourth-order valence-corrected chi connectivity index (χ4v) is 3.83. The Labute approximate surface area is 240 Å². The molecule has 0 aliphatic rings. The van der Waals surface area contributed by atoms with Gasteiger partial charge in [-0.25, -0.2) is 4.79 Å². The molecule has 4 atom stereocenters. The predicted molar refractivity (Wildman–Crippen MR) is 147 cm³/mol. The minimum Gasteiger partial charge on any atom is -0.508 e. The molecule has 2 aromatic carbocycles. The highest BCUT2D eigenvalue weighted by Gasteiger charge is 2.31. The molecule has 0 saturated heterocycles. The van der Waals surface area contributed by atoms with Crippen molar-refractivity contribution in [2.24, 2.45) is 17.2 Å². The average Bonchev–Trinajstić information content (AvgIpc) is 2.91. The van der Waals surface area contributed by atoms with E-state index in [1.165, 1.54) is 48.5 Å². The van der Waals surface area contributed by atoms with E-state index >= 15 is 0 Å². The van der Waals surface area contributed by atoms with Crippen LogP contribution in [0.15, 0.2) is 48.5 Å². The van der Waals surface area contributed by atoms with Crippen molar-refractivity contribution in [3.63, 3.8) is 0 Å². The standard InChI is InChI=1S/C27H34N6O9/c28-18(13-23(30)37)24(38)31-19(9-10-22(29)36)25(39)32-20(11-14-1-5-16(34)6-2-14)26(40)33-21(27(41)42)12-15-3-7-17(35)8-4-15/h1-8,18-21,34-35H,9-13,28H2,(H2,29,36)(H2,30,37)(H,31,38)(H,32,39)(H,33,40)(H,41,42). The zero-order valence-electron chi connectivity index (χ0n) is 22.5. The molecule has 4 unspecified atom stereocenters. The monoisotopic (exact) mass is 586 g/mol. The van der Waals surface area contributed by atoms with E-state index in [0.29, 0.717) is 11.1 Å². The number of carbonyl (C=O) groups excluding carboxylic acids is 5. The second-order valence-corrected chi connectivity index (χ2v) is 9.54. The zero-order chi connectivity index (χ0) is 31.4. The van der Waals surface area contributed by atoms with Gasteiger partial charge in [0, 0.05) is 19.3 Å². The summed E-state index contributed by atoms with van der Waals surface area (Å²) in [6.07, 6.45) is -1.41. The second-order valence-electron chi connectivity index (χ2n) is 9.54. The maximum Gasteiger partial charge on any atom is 0.326 e. The molecule has 0 bridgehead atoms. The normalized spacial score (nSPS) is 13.5. The van der Waals surface area contributed by atoms with Crippen molar-refractivity contribution < 1.29 is 44.1 Å². The molecule has 0 aliphatic heterocycles. The van der Waals surface area contributed by atoms with Crippen molar-refractivity contribution in [2.75, 3.05) is 0 Å². The van der Waals surface area contributed by atoms with E-state index in [0.717, 1.165) is 0 Å². The smallest absolute Gasteiger partial charge is 0.326 e. The highest BCUT2D eigenvalue weighted by atomic mass is 16.4. The Morgan fingerprint density at radius 3 is 1.52 bits per heavy atom. The summed E-state index contributed by atoms with van der Waals surface area (Å²) in [4.78, 5) is 73.5. The third-order valence-corrected chi connectivity index (χ3v) is 6.07. The lowest BCUT2D eigenvalue weighted by Gasteiger charge is -2.25. The molecular formula is C27H34N6O9. The molecule has 226 valence electrons. The molecule has 5 amide bonds. The number of aromatic hydroxyl groups is 2. The number of carboxylic acid groups (broad SMARTS) is 1. The van der Waals surface area contributed by atoms with Crippen LogP contribution in [-0.4, -0.2) is 75.0 Å². The van der Waals surface area contributed by atoms with Crippen molar-refractivity contribution in [3.8, 4) is 11.5 Å². The Morgan fingerprint density at radius 1 is 0.643 bits per heavy atom. The molecule has 15 nitrogen and oxygen atoms in total. The Balaban J connectivity index is 2.29. The van der Waals surface area contributed by atoms with Crippen molar-refractivity contribution in [1.82, 2.24) is 16.0 Å². The average molecular weight is 587 g/mol. The molecule has 0 radical (unpaired) electrons. The number of carbonyl (C=O) groups is 6. The fraction of sp³-hybridized carbons (Fsp3) is 0.333. The van der Waals surface area contributed by atoms with Crippen LogP contribution < -0.4 is 33.2 Å². The summed E-state index contributed by atoms with van der Waals surface area (Å²) in [5.41, 5.74) is 16.9. The molecular weight excluding hydrogens is 552 g/mol. The number of benzene rings is 2. The van der Waals surface area contributed by atoms with E-state index in [4.69, 9.17) is 17.2 Å². The number of aliphatic carboxylic acids is 1. The van der Waals surface area contributed by atoms with Crippen LogP contribution in [0.4, 0.5) is 0 Å². The van der Waals surface area contributed by atoms with Crippen LogP contribution in [0.25, 0.3) is 0 Å². The number of hydrogen-bond acceptors (Lipinski definition) is 9. The van der Waals surface area contributed by atoms with Crippen LogP contribution >= 0.6 is 0 Å². The summed E-state index contributed by atoms with van der Waals surface area (Å²) in [6.45, 7) is 0. The maximum atomic E-state index is 13.3. The van der Waals surface area contributed by atoms with E-state index in [-0.39, 0.29) is 37.2 Å². The number of nitrogens with two attached hydrogens (primary N) is 3. The number of nitrogens with one attached hydrogen (secondary N) is 3. The van der Waals surface area contributed by atoms with Crippen LogP contribution in [0.2, 0.25) is 0 Å². The molecule has 0 aromatic heterocycles. The molecule has 42 heavy (non-hydrogen) atoms. The van der Waals surface area contributed by atoms with Crippen molar-refractivity contribution in [2.45, 2.75) is 56.3 Å². The Kier molecular flexibility index (Phi) is 12.2. The highest BCUT2D eigenvalue weighted by molar-refractivity contribution is 5.95. The first-order valence-electron chi connectivity index (χ1n) is 12.8. The molecule has 2 rings (SSSR count). The number of phenols is 2. The molecule has 0 saturated carbocycles. The van der Waals surface area contributed by atoms with Crippen LogP contribution in [0.3, 0.4) is 0 Å². The summed E-state index contributed by atoms with van der Waals surface area (Å²) in [6, 6.07) is 5.79. The van der Waals surface area contributed by atoms with E-state index in [9.17, 15) is 44.1 Å². The van der Waals surface area contributed by atoms with Gasteiger partial charge in [0.25, 0.3) is 0 Å². The molecule has 0 fully saturated rings. The Hall–Kier alpha value is -5.18. The SMILES string of the molecule is NC(=O)CCC(NC(=O)C(N)CC(N)=O)C(=O)NC(Cc1ccc(O)cc1)C(=O)NC(Cc1ccc(O)cc1)C(=O)O. The van der Waals surface area contributed by atoms with Gasteiger partial charge in [-0.05, 0) is 41.8 Å².